The molecule has 0 atom stereocenters. The van der Waals surface area contributed by atoms with Crippen LogP contribution < -0.4 is 10.7 Å². The fourth-order valence-electron chi connectivity index (χ4n) is 2.28. The second-order valence-electron chi connectivity index (χ2n) is 5.50. The highest BCUT2D eigenvalue weighted by Gasteiger charge is 2.13. The summed E-state index contributed by atoms with van der Waals surface area (Å²) in [7, 11) is 0. The smallest absolute Gasteiger partial charge is 0.245 e. The van der Waals surface area contributed by atoms with Crippen LogP contribution in [0, 0.1) is 0 Å². The van der Waals surface area contributed by atoms with Crippen LogP contribution in [0.4, 0.5) is 17.3 Å². The molecule has 28 heavy (non-hydrogen) atoms. The van der Waals surface area contributed by atoms with Crippen LogP contribution in [-0.4, -0.2) is 26.5 Å². The van der Waals surface area contributed by atoms with Gasteiger partial charge in [0, 0.05) is 24.7 Å². The highest BCUT2D eigenvalue weighted by Crippen LogP contribution is 2.26. The quantitative estimate of drug-likeness (QED) is 0.243. The summed E-state index contributed by atoms with van der Waals surface area (Å²) in [6, 6.07) is 13.5. The first-order chi connectivity index (χ1) is 13.6. The number of hydrogen-bond acceptors (Lipinski definition) is 8. The van der Waals surface area contributed by atoms with Crippen molar-refractivity contribution >= 4 is 82.6 Å². The van der Waals surface area contributed by atoms with Crippen molar-refractivity contribution in [3.63, 3.8) is 0 Å². The normalized spacial score (nSPS) is 11.2. The summed E-state index contributed by atoms with van der Waals surface area (Å²) < 4.78 is 7.50. The summed E-state index contributed by atoms with van der Waals surface area (Å²) >= 11 is 10.4. The van der Waals surface area contributed by atoms with Gasteiger partial charge in [0.1, 0.15) is 0 Å². The van der Waals surface area contributed by atoms with Gasteiger partial charge in [-0.05, 0) is 46.7 Å². The Morgan fingerprint density at radius 3 is 2.43 bits per heavy atom. The van der Waals surface area contributed by atoms with Gasteiger partial charge in [-0.3, -0.25) is 5.43 Å². The molecule has 0 amide bonds. The molecule has 2 heterocycles. The topological polar surface area (TPSA) is 101 Å². The molecule has 0 aliphatic rings. The maximum absolute atomic E-state index is 4.71. The summed E-state index contributed by atoms with van der Waals surface area (Å²) in [5.74, 6) is 0.817. The Balaban J connectivity index is 1.65. The zero-order valence-electron chi connectivity index (χ0n) is 13.9. The van der Waals surface area contributed by atoms with Crippen LogP contribution in [0.3, 0.4) is 0 Å². The molecule has 2 N–H and O–H groups in total. The zero-order valence-corrected chi connectivity index (χ0v) is 18.7. The first kappa shape index (κ1) is 19.0. The van der Waals surface area contributed by atoms with Crippen molar-refractivity contribution in [1.82, 2.24) is 20.3 Å². The van der Waals surface area contributed by atoms with E-state index in [1.807, 2.05) is 42.5 Å². The number of rotatable bonds is 5. The Bertz CT molecular complexity index is 1180. The molecule has 0 saturated carbocycles. The Morgan fingerprint density at radius 1 is 0.893 bits per heavy atom. The van der Waals surface area contributed by atoms with Gasteiger partial charge < -0.3 is 5.32 Å². The standard InChI is InChI=1S/C17H10Br3N7O/c18-10-2-1-3-12(7-10)22-14-15(24-17-16(23-14)26-28-27-17)25-21-8-9-6-11(19)4-5-13(9)20/h1-8H,(H,22,23,26)(H,24,25,27). The average Bonchev–Trinajstić information content (AvgIpc) is 3.12. The molecule has 4 rings (SSSR count). The van der Waals surface area contributed by atoms with E-state index in [-0.39, 0.29) is 5.65 Å². The molecule has 11 heteroatoms. The van der Waals surface area contributed by atoms with Gasteiger partial charge in [-0.1, -0.05) is 53.9 Å². The molecule has 0 aliphatic heterocycles. The largest absolute Gasteiger partial charge is 0.337 e. The van der Waals surface area contributed by atoms with E-state index in [0.29, 0.717) is 17.3 Å². The highest BCUT2D eigenvalue weighted by atomic mass is 79.9. The molecule has 0 saturated heterocycles. The Labute approximate surface area is 184 Å². The third-order valence-corrected chi connectivity index (χ3v) is 5.24. The molecule has 0 fully saturated rings. The van der Waals surface area contributed by atoms with Gasteiger partial charge >= 0.3 is 0 Å². The lowest BCUT2D eigenvalue weighted by atomic mass is 10.2. The van der Waals surface area contributed by atoms with E-state index in [9.17, 15) is 0 Å². The minimum atomic E-state index is 0.279. The van der Waals surface area contributed by atoms with Crippen molar-refractivity contribution in [3.05, 3.63) is 61.4 Å². The van der Waals surface area contributed by atoms with Crippen LogP contribution in [0.2, 0.25) is 0 Å². The van der Waals surface area contributed by atoms with Crippen molar-refractivity contribution in [2.45, 2.75) is 0 Å². The molecular weight excluding hydrogens is 558 g/mol. The fourth-order valence-corrected chi connectivity index (χ4v) is 3.41. The molecule has 4 aromatic rings. The van der Waals surface area contributed by atoms with E-state index >= 15 is 0 Å². The fraction of sp³-hybridized carbons (Fsp3) is 0. The maximum atomic E-state index is 4.71. The summed E-state index contributed by atoms with van der Waals surface area (Å²) in [6.45, 7) is 0. The second kappa shape index (κ2) is 8.33. The van der Waals surface area contributed by atoms with E-state index in [2.05, 4.69) is 83.9 Å². The van der Waals surface area contributed by atoms with Crippen molar-refractivity contribution in [2.24, 2.45) is 5.10 Å². The second-order valence-corrected chi connectivity index (χ2v) is 8.19. The predicted molar refractivity (Wildman–Crippen MR) is 118 cm³/mol. The minimum absolute atomic E-state index is 0.279. The van der Waals surface area contributed by atoms with Crippen molar-refractivity contribution < 1.29 is 4.63 Å². The third kappa shape index (κ3) is 4.37. The Morgan fingerprint density at radius 2 is 1.64 bits per heavy atom. The number of hydrogen-bond donors (Lipinski definition) is 2. The van der Waals surface area contributed by atoms with Crippen LogP contribution in [-0.2, 0) is 0 Å². The summed E-state index contributed by atoms with van der Waals surface area (Å²) in [5.41, 5.74) is 5.18. The molecular formula is C17H10Br3N7O. The van der Waals surface area contributed by atoms with Gasteiger partial charge in [-0.15, -0.1) is 0 Å². The number of halogens is 3. The lowest BCUT2D eigenvalue weighted by molar-refractivity contribution is 0.314. The van der Waals surface area contributed by atoms with E-state index in [1.165, 1.54) is 0 Å². The molecule has 0 aliphatic carbocycles. The third-order valence-electron chi connectivity index (χ3n) is 3.53. The van der Waals surface area contributed by atoms with Crippen LogP contribution in [0.5, 0.6) is 0 Å². The van der Waals surface area contributed by atoms with Crippen LogP contribution in [0.15, 0.2) is 65.6 Å². The first-order valence-electron chi connectivity index (χ1n) is 7.85. The van der Waals surface area contributed by atoms with E-state index in [0.717, 1.165) is 24.7 Å². The monoisotopic (exact) mass is 565 g/mol. The zero-order chi connectivity index (χ0) is 19.5. The maximum Gasteiger partial charge on any atom is 0.245 e. The molecule has 0 radical (unpaired) electrons. The van der Waals surface area contributed by atoms with E-state index in [4.69, 9.17) is 4.63 Å². The molecule has 8 nitrogen and oxygen atoms in total. The molecule has 2 aromatic carbocycles. The molecule has 2 aromatic heterocycles. The van der Waals surface area contributed by atoms with Gasteiger partial charge in [-0.2, -0.15) is 10.1 Å². The number of aromatic nitrogens is 4. The lowest BCUT2D eigenvalue weighted by Crippen LogP contribution is -2.03. The molecule has 0 spiro atoms. The van der Waals surface area contributed by atoms with Crippen molar-refractivity contribution in [2.75, 3.05) is 10.7 Å². The highest BCUT2D eigenvalue weighted by molar-refractivity contribution is 9.11. The SMILES string of the molecule is Brc1cccc(Nc2nc3nonc3nc2NN=Cc2cc(Br)ccc2Br)c1. The first-order valence-corrected chi connectivity index (χ1v) is 10.2. The average molecular weight is 568 g/mol. The molecule has 0 bridgehead atoms. The van der Waals surface area contributed by atoms with E-state index < -0.39 is 0 Å². The summed E-state index contributed by atoms with van der Waals surface area (Å²) in [5, 5.41) is 14.9. The number of fused-ring (bicyclic) bond motifs is 1. The minimum Gasteiger partial charge on any atom is -0.337 e. The number of nitrogens with one attached hydrogen (secondary N) is 2. The molecule has 140 valence electrons. The van der Waals surface area contributed by atoms with E-state index in [1.54, 1.807) is 6.21 Å². The Hall–Kier alpha value is -2.37. The van der Waals surface area contributed by atoms with Crippen molar-refractivity contribution in [1.29, 1.82) is 0 Å². The summed E-state index contributed by atoms with van der Waals surface area (Å²) in [6.07, 6.45) is 1.67. The summed E-state index contributed by atoms with van der Waals surface area (Å²) in [4.78, 5) is 8.78. The molecule has 0 unspecified atom stereocenters. The number of hydrazone groups is 1. The van der Waals surface area contributed by atoms with Crippen LogP contribution in [0.1, 0.15) is 5.56 Å². The van der Waals surface area contributed by atoms with Gasteiger partial charge in [0.25, 0.3) is 0 Å². The lowest BCUT2D eigenvalue weighted by Gasteiger charge is -2.09. The predicted octanol–water partition coefficient (Wildman–Crippen LogP) is 5.49. The van der Waals surface area contributed by atoms with Gasteiger partial charge in [0.2, 0.25) is 11.3 Å². The van der Waals surface area contributed by atoms with Crippen molar-refractivity contribution in [3.8, 4) is 0 Å². The number of nitrogens with zero attached hydrogens (tertiary/aromatic N) is 5. The number of benzene rings is 2. The van der Waals surface area contributed by atoms with Gasteiger partial charge in [0.05, 0.1) is 6.21 Å². The van der Waals surface area contributed by atoms with Gasteiger partial charge in [-0.25, -0.2) is 9.61 Å². The van der Waals surface area contributed by atoms with Gasteiger partial charge in [0.15, 0.2) is 11.6 Å². The van der Waals surface area contributed by atoms with Crippen LogP contribution >= 0.6 is 47.8 Å². The van der Waals surface area contributed by atoms with Crippen LogP contribution in [0.25, 0.3) is 11.3 Å². The Kier molecular flexibility index (Phi) is 5.64. The number of anilines is 3.